The van der Waals surface area contributed by atoms with Gasteiger partial charge >= 0.3 is 0 Å². The lowest BCUT2D eigenvalue weighted by Gasteiger charge is -2.72. The number of allylic oxidation sites excluding steroid dienone is 2. The Hall–Kier alpha value is -1.75. The molecule has 0 spiro atoms. The molecular formula is C45H69N3O5S2. The van der Waals surface area contributed by atoms with Crippen molar-refractivity contribution in [2.24, 2.45) is 57.2 Å². The maximum atomic E-state index is 12.9. The number of nitrogens with zero attached hydrogens (tertiary/aromatic N) is 1. The van der Waals surface area contributed by atoms with Crippen molar-refractivity contribution in [3.63, 3.8) is 0 Å². The summed E-state index contributed by atoms with van der Waals surface area (Å²) in [5.41, 5.74) is 3.80. The van der Waals surface area contributed by atoms with Gasteiger partial charge in [-0.25, -0.2) is 21.6 Å². The molecule has 0 aromatic heterocycles. The van der Waals surface area contributed by atoms with Crippen LogP contribution in [0.1, 0.15) is 135 Å². The highest BCUT2D eigenvalue weighted by molar-refractivity contribution is 7.91. The van der Waals surface area contributed by atoms with Gasteiger partial charge in [-0.2, -0.15) is 0 Å². The predicted octanol–water partition coefficient (Wildman–Crippen LogP) is 7.71. The third-order valence-electron chi connectivity index (χ3n) is 17.9. The van der Waals surface area contributed by atoms with Crippen LogP contribution in [0.2, 0.25) is 0 Å². The molecule has 1 aromatic carbocycles. The Morgan fingerprint density at radius 1 is 0.855 bits per heavy atom. The fourth-order valence-electron chi connectivity index (χ4n) is 14.7. The molecule has 1 saturated heterocycles. The second-order valence-corrected chi connectivity index (χ2v) is 25.3. The van der Waals surface area contributed by atoms with Gasteiger partial charge in [-0.15, -0.1) is 0 Å². The number of sulfonamides is 1. The summed E-state index contributed by atoms with van der Waals surface area (Å²) >= 11 is 0. The SMILES string of the molecule is CC(C)[C@@H]1CC[C@]2(NCCN3CCS(=O)(=O)CC3)CC[C@]3(C)[C@H](CC[C@@H]4[C@@]5(C)CC=C(c6ccc(C(=O)NS(=O)(=O)C7CC7)cc6)C(C)(C)[C@@H]5CC[C@]43C)[C@@H]12. The van der Waals surface area contributed by atoms with Crippen molar-refractivity contribution in [1.82, 2.24) is 14.9 Å². The minimum atomic E-state index is -3.59. The van der Waals surface area contributed by atoms with Crippen LogP contribution in [0.25, 0.3) is 5.57 Å². The fourth-order valence-corrected chi connectivity index (χ4v) is 17.3. The Bertz CT molecular complexity index is 1910. The molecule has 7 aliphatic rings. The Morgan fingerprint density at radius 3 is 2.20 bits per heavy atom. The Balaban J connectivity index is 1.02. The first-order valence-corrected chi connectivity index (χ1v) is 25.2. The van der Waals surface area contributed by atoms with Gasteiger partial charge in [0.05, 0.1) is 16.8 Å². The van der Waals surface area contributed by atoms with Gasteiger partial charge in [0, 0.05) is 37.3 Å². The molecule has 6 aliphatic carbocycles. The van der Waals surface area contributed by atoms with E-state index in [9.17, 15) is 21.6 Å². The molecule has 2 N–H and O–H groups in total. The smallest absolute Gasteiger partial charge is 0.264 e. The largest absolute Gasteiger partial charge is 0.310 e. The van der Waals surface area contributed by atoms with Gasteiger partial charge in [0.2, 0.25) is 10.0 Å². The van der Waals surface area contributed by atoms with E-state index in [1.165, 1.54) is 56.9 Å². The summed E-state index contributed by atoms with van der Waals surface area (Å²) in [5.74, 6) is 4.07. The molecule has 8 rings (SSSR count). The summed E-state index contributed by atoms with van der Waals surface area (Å²) in [5, 5.41) is 3.82. The first-order valence-electron chi connectivity index (χ1n) is 21.8. The molecule has 6 fully saturated rings. The minimum Gasteiger partial charge on any atom is -0.310 e. The summed E-state index contributed by atoms with van der Waals surface area (Å²) < 4.78 is 51.2. The average Bonchev–Trinajstić information content (AvgIpc) is 3.91. The molecule has 0 radical (unpaired) electrons. The molecule has 1 amide bonds. The number of benzene rings is 1. The third-order valence-corrected chi connectivity index (χ3v) is 21.3. The number of hydrogen-bond acceptors (Lipinski definition) is 7. The molecule has 0 unspecified atom stereocenters. The summed E-state index contributed by atoms with van der Waals surface area (Å²) in [7, 11) is -6.45. The zero-order chi connectivity index (χ0) is 39.4. The van der Waals surface area contributed by atoms with E-state index in [1.54, 1.807) is 12.1 Å². The van der Waals surface area contributed by atoms with Crippen LogP contribution in [0, 0.1) is 57.2 Å². The van der Waals surface area contributed by atoms with Crippen LogP contribution in [0.15, 0.2) is 30.3 Å². The number of amides is 1. The summed E-state index contributed by atoms with van der Waals surface area (Å²) in [4.78, 5) is 15.2. The number of carbonyl (C=O) groups excluding carboxylic acids is 1. The normalized spacial score (nSPS) is 41.0. The van der Waals surface area contributed by atoms with E-state index in [1.807, 2.05) is 12.1 Å². The van der Waals surface area contributed by atoms with Crippen molar-refractivity contribution in [3.05, 3.63) is 41.5 Å². The Kier molecular flexibility index (Phi) is 9.94. The number of nitrogens with one attached hydrogen (secondary N) is 2. The fraction of sp³-hybridized carbons (Fsp3) is 0.800. The highest BCUT2D eigenvalue weighted by Crippen LogP contribution is 2.76. The molecule has 5 saturated carbocycles. The average molecular weight is 796 g/mol. The maximum Gasteiger partial charge on any atom is 0.264 e. The third kappa shape index (κ3) is 6.52. The summed E-state index contributed by atoms with van der Waals surface area (Å²) in [6, 6.07) is 7.65. The van der Waals surface area contributed by atoms with E-state index < -0.39 is 31.0 Å². The van der Waals surface area contributed by atoms with Crippen molar-refractivity contribution in [2.45, 2.75) is 130 Å². The predicted molar refractivity (Wildman–Crippen MR) is 222 cm³/mol. The zero-order valence-corrected chi connectivity index (χ0v) is 36.4. The van der Waals surface area contributed by atoms with Gasteiger partial charge in [0.15, 0.2) is 9.84 Å². The lowest BCUT2D eigenvalue weighted by Crippen LogP contribution is -2.68. The van der Waals surface area contributed by atoms with Gasteiger partial charge < -0.3 is 10.2 Å². The lowest BCUT2D eigenvalue weighted by atomic mass is 9.33. The van der Waals surface area contributed by atoms with Gasteiger partial charge in [0.1, 0.15) is 0 Å². The molecule has 9 atom stereocenters. The lowest BCUT2D eigenvalue weighted by molar-refractivity contribution is -0.221. The number of sulfone groups is 1. The van der Waals surface area contributed by atoms with Crippen LogP contribution < -0.4 is 10.0 Å². The Morgan fingerprint density at radius 2 is 1.55 bits per heavy atom. The number of rotatable bonds is 9. The van der Waals surface area contributed by atoms with Crippen LogP contribution in [0.4, 0.5) is 0 Å². The molecule has 0 bridgehead atoms. The number of hydrogen-bond donors (Lipinski definition) is 2. The van der Waals surface area contributed by atoms with E-state index in [0.29, 0.717) is 72.6 Å². The van der Waals surface area contributed by atoms with Crippen LogP contribution >= 0.6 is 0 Å². The number of fused-ring (bicyclic) bond motifs is 7. The quantitative estimate of drug-likeness (QED) is 0.264. The van der Waals surface area contributed by atoms with Gasteiger partial charge in [-0.3, -0.25) is 4.79 Å². The number of carbonyl (C=O) groups is 1. The van der Waals surface area contributed by atoms with Crippen LogP contribution in [0.5, 0.6) is 0 Å². The molecule has 10 heteroatoms. The van der Waals surface area contributed by atoms with Gasteiger partial charge in [-0.05, 0) is 151 Å². The monoisotopic (exact) mass is 795 g/mol. The first kappa shape index (κ1) is 40.0. The van der Waals surface area contributed by atoms with Gasteiger partial charge in [0.25, 0.3) is 5.91 Å². The van der Waals surface area contributed by atoms with Crippen molar-refractivity contribution in [1.29, 1.82) is 0 Å². The highest BCUT2D eigenvalue weighted by Gasteiger charge is 2.70. The Labute approximate surface area is 332 Å². The van der Waals surface area contributed by atoms with Crippen LogP contribution in [0.3, 0.4) is 0 Å². The molecule has 306 valence electrons. The highest BCUT2D eigenvalue weighted by atomic mass is 32.2. The van der Waals surface area contributed by atoms with E-state index >= 15 is 0 Å². The molecule has 1 aromatic rings. The standard InChI is InChI=1S/C45H69N3O5S2/c1-30(2)34-16-21-45(46-24-25-48-26-28-54(50,51)29-27-48)23-22-43(6)36(39(34)45)14-15-38-42(5)19-17-35(41(3,4)37(42)18-20-44(38,43)7)31-8-10-32(11-9-31)40(49)47-55(52,53)33-12-13-33/h8-11,17,30,33-34,36-39,46H,12-16,18-29H2,1-7H3,(H,47,49)/t34-,36+,37-,38+,39+,42-,43+,44+,45-/m0/s1. The van der Waals surface area contributed by atoms with Crippen molar-refractivity contribution in [3.8, 4) is 0 Å². The van der Waals surface area contributed by atoms with E-state index in [0.717, 1.165) is 31.0 Å². The molecule has 1 aliphatic heterocycles. The molecule has 8 nitrogen and oxygen atoms in total. The van der Waals surface area contributed by atoms with Crippen molar-refractivity contribution < 1.29 is 21.6 Å². The van der Waals surface area contributed by atoms with Crippen molar-refractivity contribution >= 4 is 31.3 Å². The molecular weight excluding hydrogens is 727 g/mol. The van der Waals surface area contributed by atoms with Crippen LogP contribution in [-0.4, -0.2) is 76.1 Å². The van der Waals surface area contributed by atoms with E-state index in [2.05, 4.69) is 69.5 Å². The molecule has 1 heterocycles. The maximum absolute atomic E-state index is 12.9. The van der Waals surface area contributed by atoms with Gasteiger partial charge in [-0.1, -0.05) is 66.7 Å². The second-order valence-electron chi connectivity index (χ2n) is 21.0. The zero-order valence-electron chi connectivity index (χ0n) is 34.8. The second kappa shape index (κ2) is 13.7. The summed E-state index contributed by atoms with van der Waals surface area (Å²) in [6.45, 7) is 21.2. The molecule has 55 heavy (non-hydrogen) atoms. The van der Waals surface area contributed by atoms with E-state index in [-0.39, 0.29) is 27.2 Å². The van der Waals surface area contributed by atoms with Crippen molar-refractivity contribution in [2.75, 3.05) is 37.7 Å². The topological polar surface area (TPSA) is 113 Å². The summed E-state index contributed by atoms with van der Waals surface area (Å²) in [6.07, 6.45) is 15.1. The minimum absolute atomic E-state index is 0.0382. The first-order chi connectivity index (χ1) is 25.8. The van der Waals surface area contributed by atoms with E-state index in [4.69, 9.17) is 0 Å². The van der Waals surface area contributed by atoms with Crippen LogP contribution in [-0.2, 0) is 19.9 Å².